The first-order chi connectivity index (χ1) is 10.6. The molecule has 0 heterocycles. The molecule has 0 saturated carbocycles. The Morgan fingerprint density at radius 3 is 2.55 bits per heavy atom. The molecule has 1 atom stereocenters. The van der Waals surface area contributed by atoms with Crippen LogP contribution in [0.2, 0.25) is 0 Å². The molecule has 0 aliphatic heterocycles. The number of hydrogen-bond donors (Lipinski definition) is 1. The zero-order valence-electron chi connectivity index (χ0n) is 14.8. The van der Waals surface area contributed by atoms with Gasteiger partial charge in [-0.1, -0.05) is 52.8 Å². The summed E-state index contributed by atoms with van der Waals surface area (Å²) in [6, 6.07) is 7.88. The number of hydrogen-bond acceptors (Lipinski definition) is 2. The minimum absolute atomic E-state index is 0.166. The summed E-state index contributed by atoms with van der Waals surface area (Å²) in [7, 11) is 0. The van der Waals surface area contributed by atoms with Crippen molar-refractivity contribution >= 4 is 17.8 Å². The number of nitrogens with one attached hydrogen (secondary N) is 1. The number of carbonyl (C=O) groups is 1. The molecule has 0 aromatic heterocycles. The monoisotopic (exact) mass is 302 g/mol. The van der Waals surface area contributed by atoms with Crippen LogP contribution in [-0.2, 0) is 11.2 Å². The molecule has 22 heavy (non-hydrogen) atoms. The van der Waals surface area contributed by atoms with Gasteiger partial charge in [0.25, 0.3) is 5.91 Å². The lowest BCUT2D eigenvalue weighted by Gasteiger charge is -2.07. The van der Waals surface area contributed by atoms with Gasteiger partial charge in [-0.3, -0.25) is 9.79 Å². The molecule has 122 valence electrons. The molecule has 0 fully saturated rings. The number of aryl methyl sites for hydroxylation is 1. The van der Waals surface area contributed by atoms with Gasteiger partial charge in [0.1, 0.15) is 5.70 Å². The average molecular weight is 302 g/mol. The number of allylic oxidation sites excluding steroid dienone is 1. The normalized spacial score (nSPS) is 12.5. The third-order valence-corrected chi connectivity index (χ3v) is 3.21. The molecule has 1 aromatic carbocycles. The third-order valence-electron chi connectivity index (χ3n) is 3.21. The molecule has 1 rings (SSSR count). The molecule has 1 aromatic rings. The predicted molar refractivity (Wildman–Crippen MR) is 97.5 cm³/mol. The number of nitrogens with zero attached hydrogens (tertiary/aromatic N) is 1. The van der Waals surface area contributed by atoms with Crippen LogP contribution in [0.15, 0.2) is 41.0 Å². The molecule has 1 unspecified atom stereocenters. The number of rotatable bonds is 6. The number of anilines is 1. The summed E-state index contributed by atoms with van der Waals surface area (Å²) >= 11 is 0. The Morgan fingerprint density at radius 2 is 2.00 bits per heavy atom. The fourth-order valence-electron chi connectivity index (χ4n) is 1.64. The first kappa shape index (κ1) is 20.1. The van der Waals surface area contributed by atoms with E-state index in [0.29, 0.717) is 11.6 Å². The Morgan fingerprint density at radius 1 is 1.32 bits per heavy atom. The fourth-order valence-corrected chi connectivity index (χ4v) is 1.64. The Labute approximate surface area is 135 Å². The van der Waals surface area contributed by atoms with E-state index in [4.69, 9.17) is 0 Å². The maximum atomic E-state index is 12.2. The number of carbonyl (C=O) groups excluding carboxylic acids is 1. The highest BCUT2D eigenvalue weighted by Crippen LogP contribution is 2.13. The van der Waals surface area contributed by atoms with Crippen LogP contribution in [0.5, 0.6) is 0 Å². The Hall–Kier alpha value is -1.90. The minimum atomic E-state index is -0.166. The lowest BCUT2D eigenvalue weighted by molar-refractivity contribution is -0.112. The molecule has 0 aliphatic rings. The lowest BCUT2D eigenvalue weighted by Crippen LogP contribution is -2.14. The molecule has 3 nitrogen and oxygen atoms in total. The van der Waals surface area contributed by atoms with Crippen molar-refractivity contribution in [3.63, 3.8) is 0 Å². The van der Waals surface area contributed by atoms with E-state index in [-0.39, 0.29) is 5.91 Å². The maximum absolute atomic E-state index is 12.2. The van der Waals surface area contributed by atoms with Crippen LogP contribution in [0, 0.1) is 5.92 Å². The van der Waals surface area contributed by atoms with Crippen molar-refractivity contribution in [1.29, 1.82) is 0 Å². The van der Waals surface area contributed by atoms with Crippen LogP contribution in [-0.4, -0.2) is 12.1 Å². The summed E-state index contributed by atoms with van der Waals surface area (Å²) in [6.45, 7) is 12.1. The van der Waals surface area contributed by atoms with Crippen molar-refractivity contribution in [2.75, 3.05) is 5.32 Å². The molecule has 3 heteroatoms. The van der Waals surface area contributed by atoms with Crippen LogP contribution in [0.4, 0.5) is 5.69 Å². The standard InChI is InChI=1S/C17H24N2O.C2H6/c1-5-13(4)12-18-16(7-3)17(20)19-15-10-8-9-14(6-2)11-15;1-2/h7-13H,5-6H2,1-4H3,(H,19,20);1-2H3/b16-7-,18-12?;. The predicted octanol–water partition coefficient (Wildman–Crippen LogP) is 5.23. The van der Waals surface area contributed by atoms with Crippen molar-refractivity contribution in [1.82, 2.24) is 0 Å². The van der Waals surface area contributed by atoms with Gasteiger partial charge in [-0.2, -0.15) is 0 Å². The van der Waals surface area contributed by atoms with E-state index in [1.165, 1.54) is 5.56 Å². The van der Waals surface area contributed by atoms with Crippen molar-refractivity contribution in [2.45, 2.75) is 54.4 Å². The third kappa shape index (κ3) is 7.21. The van der Waals surface area contributed by atoms with E-state index in [2.05, 4.69) is 31.1 Å². The SMILES string of the molecule is C/C=C(\N=CC(C)CC)C(=O)Nc1cccc(CC)c1.CC. The summed E-state index contributed by atoms with van der Waals surface area (Å²) in [5, 5.41) is 2.89. The van der Waals surface area contributed by atoms with Crippen LogP contribution >= 0.6 is 0 Å². The molecule has 0 radical (unpaired) electrons. The van der Waals surface area contributed by atoms with Gasteiger partial charge >= 0.3 is 0 Å². The summed E-state index contributed by atoms with van der Waals surface area (Å²) in [4.78, 5) is 16.4. The number of aliphatic imine (C=N–C) groups is 1. The first-order valence-electron chi connectivity index (χ1n) is 8.21. The van der Waals surface area contributed by atoms with E-state index in [9.17, 15) is 4.79 Å². The Balaban J connectivity index is 0.00000211. The van der Waals surface area contributed by atoms with E-state index >= 15 is 0 Å². The molecule has 1 amide bonds. The van der Waals surface area contributed by atoms with Crippen molar-refractivity contribution in [2.24, 2.45) is 10.9 Å². The molecule has 0 aliphatic carbocycles. The largest absolute Gasteiger partial charge is 0.321 e. The second-order valence-electron chi connectivity index (χ2n) is 4.85. The van der Waals surface area contributed by atoms with Crippen LogP contribution in [0.3, 0.4) is 0 Å². The maximum Gasteiger partial charge on any atom is 0.273 e. The smallest absolute Gasteiger partial charge is 0.273 e. The van der Waals surface area contributed by atoms with Gasteiger partial charge < -0.3 is 5.32 Å². The highest BCUT2D eigenvalue weighted by atomic mass is 16.2. The van der Waals surface area contributed by atoms with Crippen LogP contribution in [0.25, 0.3) is 0 Å². The first-order valence-corrected chi connectivity index (χ1v) is 8.21. The van der Waals surface area contributed by atoms with Crippen molar-refractivity contribution < 1.29 is 4.79 Å². The highest BCUT2D eigenvalue weighted by Gasteiger charge is 2.08. The fraction of sp³-hybridized carbons (Fsp3) is 0.474. The van der Waals surface area contributed by atoms with Crippen molar-refractivity contribution in [3.8, 4) is 0 Å². The van der Waals surface area contributed by atoms with Gasteiger partial charge in [0.2, 0.25) is 0 Å². The second-order valence-corrected chi connectivity index (χ2v) is 4.85. The lowest BCUT2D eigenvalue weighted by atomic mass is 10.1. The zero-order chi connectivity index (χ0) is 17.0. The van der Waals surface area contributed by atoms with Gasteiger partial charge in [-0.05, 0) is 43.4 Å². The van der Waals surface area contributed by atoms with Gasteiger partial charge in [0, 0.05) is 11.9 Å². The molecule has 0 bridgehead atoms. The highest BCUT2D eigenvalue weighted by molar-refractivity contribution is 6.04. The van der Waals surface area contributed by atoms with E-state index in [0.717, 1.165) is 18.5 Å². The second kappa shape index (κ2) is 11.7. The van der Waals surface area contributed by atoms with E-state index in [1.807, 2.05) is 51.3 Å². The Kier molecular flexibility index (Phi) is 10.7. The van der Waals surface area contributed by atoms with Gasteiger partial charge in [0.05, 0.1) is 0 Å². The number of amides is 1. The summed E-state index contributed by atoms with van der Waals surface area (Å²) in [5.74, 6) is 0.210. The van der Waals surface area contributed by atoms with E-state index < -0.39 is 0 Å². The Bertz CT molecular complexity index is 504. The average Bonchev–Trinajstić information content (AvgIpc) is 2.57. The molecule has 0 spiro atoms. The molecule has 1 N–H and O–H groups in total. The van der Waals surface area contributed by atoms with Crippen LogP contribution in [0.1, 0.15) is 53.5 Å². The summed E-state index contributed by atoms with van der Waals surface area (Å²) in [6.07, 6.45) is 5.53. The zero-order valence-corrected chi connectivity index (χ0v) is 14.8. The number of benzene rings is 1. The molecular formula is C19H30N2O. The molecular weight excluding hydrogens is 272 g/mol. The van der Waals surface area contributed by atoms with E-state index in [1.54, 1.807) is 6.08 Å². The molecule has 0 saturated heterocycles. The van der Waals surface area contributed by atoms with Gasteiger partial charge in [-0.25, -0.2) is 0 Å². The van der Waals surface area contributed by atoms with Crippen molar-refractivity contribution in [3.05, 3.63) is 41.6 Å². The van der Waals surface area contributed by atoms with Gasteiger partial charge in [-0.15, -0.1) is 0 Å². The summed E-state index contributed by atoms with van der Waals surface area (Å²) < 4.78 is 0. The topological polar surface area (TPSA) is 41.5 Å². The van der Waals surface area contributed by atoms with Gasteiger partial charge in [0.15, 0.2) is 0 Å². The summed E-state index contributed by atoms with van der Waals surface area (Å²) in [5.41, 5.74) is 2.47. The quantitative estimate of drug-likeness (QED) is 0.567. The minimum Gasteiger partial charge on any atom is -0.321 e. The van der Waals surface area contributed by atoms with Crippen LogP contribution < -0.4 is 5.32 Å².